The van der Waals surface area contributed by atoms with E-state index in [9.17, 15) is 0 Å². The van der Waals surface area contributed by atoms with Crippen molar-refractivity contribution in [3.63, 3.8) is 0 Å². The maximum absolute atomic E-state index is 5.86. The summed E-state index contributed by atoms with van der Waals surface area (Å²) in [5.41, 5.74) is 7.59. The number of hydrogen-bond donors (Lipinski definition) is 1. The van der Waals surface area contributed by atoms with E-state index in [0.717, 1.165) is 26.9 Å². The summed E-state index contributed by atoms with van der Waals surface area (Å²) >= 11 is 1.59. The number of furan rings is 1. The number of nitrogens with zero attached hydrogens (tertiary/aromatic N) is 2. The molecule has 0 aliphatic carbocycles. The van der Waals surface area contributed by atoms with Gasteiger partial charge in [0, 0.05) is 11.1 Å². The molecule has 0 unspecified atom stereocenters. The molecule has 0 bridgehead atoms. The lowest BCUT2D eigenvalue weighted by Gasteiger charge is -1.98. The third-order valence-electron chi connectivity index (χ3n) is 2.62. The lowest BCUT2D eigenvalue weighted by Crippen LogP contribution is -1.92. The van der Waals surface area contributed by atoms with Gasteiger partial charge in [0.1, 0.15) is 16.5 Å². The first-order valence-corrected chi connectivity index (χ1v) is 6.29. The average molecular weight is 257 g/mol. The number of thiazole rings is 1. The Morgan fingerprint density at radius 3 is 2.89 bits per heavy atom. The van der Waals surface area contributed by atoms with Crippen LogP contribution in [0.5, 0.6) is 0 Å². The molecule has 90 valence electrons. The van der Waals surface area contributed by atoms with E-state index >= 15 is 0 Å². The second-order valence-electron chi connectivity index (χ2n) is 3.84. The van der Waals surface area contributed by atoms with Gasteiger partial charge in [0.2, 0.25) is 0 Å². The second-order valence-corrected chi connectivity index (χ2v) is 5.04. The summed E-state index contributed by atoms with van der Waals surface area (Å²) < 4.78 is 5.38. The van der Waals surface area contributed by atoms with Crippen LogP contribution in [0.2, 0.25) is 0 Å². The Morgan fingerprint density at radius 2 is 2.17 bits per heavy atom. The zero-order valence-electron chi connectivity index (χ0n) is 9.75. The highest BCUT2D eigenvalue weighted by atomic mass is 32.1. The van der Waals surface area contributed by atoms with Crippen LogP contribution in [0.1, 0.15) is 4.88 Å². The molecule has 3 rings (SSSR count). The first-order chi connectivity index (χ1) is 8.75. The molecule has 0 saturated heterocycles. The number of rotatable bonds is 2. The summed E-state index contributed by atoms with van der Waals surface area (Å²) in [6, 6.07) is 7.53. The molecule has 0 fully saturated rings. The van der Waals surface area contributed by atoms with Gasteiger partial charge in [-0.3, -0.25) is 0 Å². The quantitative estimate of drug-likeness (QED) is 0.764. The first kappa shape index (κ1) is 11.0. The van der Waals surface area contributed by atoms with Crippen molar-refractivity contribution in [1.29, 1.82) is 0 Å². The first-order valence-electron chi connectivity index (χ1n) is 5.48. The molecule has 3 aromatic rings. The molecule has 4 nitrogen and oxygen atoms in total. The number of aryl methyl sites for hydroxylation is 1. The number of hydrogen-bond acceptors (Lipinski definition) is 5. The largest absolute Gasteiger partial charge is 0.463 e. The molecular weight excluding hydrogens is 246 g/mol. The van der Waals surface area contributed by atoms with Gasteiger partial charge in [-0.05, 0) is 31.2 Å². The predicted octanol–water partition coefficient (Wildman–Crippen LogP) is 3.36. The summed E-state index contributed by atoms with van der Waals surface area (Å²) in [4.78, 5) is 9.77. The number of pyridine rings is 1. The maximum atomic E-state index is 5.86. The van der Waals surface area contributed by atoms with Gasteiger partial charge in [-0.2, -0.15) is 0 Å². The van der Waals surface area contributed by atoms with E-state index < -0.39 is 0 Å². The fourth-order valence-electron chi connectivity index (χ4n) is 1.75. The molecule has 3 heterocycles. The lowest BCUT2D eigenvalue weighted by atomic mass is 10.2. The van der Waals surface area contributed by atoms with Gasteiger partial charge in [0.05, 0.1) is 11.8 Å². The molecule has 0 atom stereocenters. The summed E-state index contributed by atoms with van der Waals surface area (Å²) in [6.45, 7) is 2.02. The zero-order chi connectivity index (χ0) is 12.5. The van der Waals surface area contributed by atoms with Crippen LogP contribution in [-0.2, 0) is 0 Å². The normalized spacial score (nSPS) is 10.7. The SMILES string of the molecule is Cc1sc(-c2cccnc2N)nc1-c1ccco1. The van der Waals surface area contributed by atoms with Crippen LogP contribution in [0.3, 0.4) is 0 Å². The van der Waals surface area contributed by atoms with Gasteiger partial charge in [-0.15, -0.1) is 11.3 Å². The third-order valence-corrected chi connectivity index (χ3v) is 3.62. The molecule has 0 aliphatic rings. The van der Waals surface area contributed by atoms with Crippen molar-refractivity contribution < 1.29 is 4.42 Å². The van der Waals surface area contributed by atoms with Crippen molar-refractivity contribution in [2.24, 2.45) is 0 Å². The molecule has 5 heteroatoms. The Balaban J connectivity index is 2.11. The Hall–Kier alpha value is -2.14. The van der Waals surface area contributed by atoms with E-state index in [1.807, 2.05) is 31.2 Å². The van der Waals surface area contributed by atoms with Gasteiger partial charge < -0.3 is 10.2 Å². The van der Waals surface area contributed by atoms with Crippen molar-refractivity contribution >= 4 is 17.2 Å². The minimum Gasteiger partial charge on any atom is -0.463 e. The van der Waals surface area contributed by atoms with Crippen LogP contribution in [0.4, 0.5) is 5.82 Å². The Bertz CT molecular complexity index is 673. The zero-order valence-corrected chi connectivity index (χ0v) is 10.6. The summed E-state index contributed by atoms with van der Waals surface area (Å²) in [5, 5.41) is 0.865. The highest BCUT2D eigenvalue weighted by Crippen LogP contribution is 2.34. The van der Waals surface area contributed by atoms with E-state index in [1.54, 1.807) is 23.8 Å². The van der Waals surface area contributed by atoms with Crippen LogP contribution >= 0.6 is 11.3 Å². The van der Waals surface area contributed by atoms with Crippen molar-refractivity contribution in [3.05, 3.63) is 41.6 Å². The number of anilines is 1. The number of nitrogens with two attached hydrogens (primary N) is 1. The number of aromatic nitrogens is 2. The molecule has 0 saturated carbocycles. The Labute approximate surface area is 108 Å². The molecule has 0 aromatic carbocycles. The van der Waals surface area contributed by atoms with Crippen molar-refractivity contribution in [2.75, 3.05) is 5.73 Å². The smallest absolute Gasteiger partial charge is 0.153 e. The molecule has 0 spiro atoms. The topological polar surface area (TPSA) is 64.9 Å². The summed E-state index contributed by atoms with van der Waals surface area (Å²) in [5.74, 6) is 1.27. The predicted molar refractivity (Wildman–Crippen MR) is 72.2 cm³/mol. The monoisotopic (exact) mass is 257 g/mol. The van der Waals surface area contributed by atoms with Crippen LogP contribution in [-0.4, -0.2) is 9.97 Å². The molecular formula is C13H11N3OS. The molecule has 18 heavy (non-hydrogen) atoms. The van der Waals surface area contributed by atoms with Crippen molar-refractivity contribution in [1.82, 2.24) is 9.97 Å². The highest BCUT2D eigenvalue weighted by Gasteiger charge is 2.14. The maximum Gasteiger partial charge on any atom is 0.153 e. The Kier molecular flexibility index (Phi) is 2.60. The number of nitrogen functional groups attached to an aromatic ring is 1. The standard InChI is InChI=1S/C13H11N3OS/c1-8-11(10-5-3-7-17-10)16-13(18-8)9-4-2-6-15-12(9)14/h2-7H,1H3,(H2,14,15). The van der Waals surface area contributed by atoms with Crippen molar-refractivity contribution in [3.8, 4) is 22.0 Å². The van der Waals surface area contributed by atoms with Gasteiger partial charge >= 0.3 is 0 Å². The van der Waals surface area contributed by atoms with Gasteiger partial charge in [0.15, 0.2) is 5.76 Å². The summed E-state index contributed by atoms with van der Waals surface area (Å²) in [7, 11) is 0. The van der Waals surface area contributed by atoms with Crippen LogP contribution in [0.25, 0.3) is 22.0 Å². The van der Waals surface area contributed by atoms with E-state index in [0.29, 0.717) is 5.82 Å². The molecule has 0 aliphatic heterocycles. The van der Waals surface area contributed by atoms with Crippen LogP contribution in [0, 0.1) is 6.92 Å². The van der Waals surface area contributed by atoms with E-state index in [4.69, 9.17) is 10.2 Å². The highest BCUT2D eigenvalue weighted by molar-refractivity contribution is 7.15. The molecule has 3 aromatic heterocycles. The second kappa shape index (κ2) is 4.27. The van der Waals surface area contributed by atoms with Crippen molar-refractivity contribution in [2.45, 2.75) is 6.92 Å². The van der Waals surface area contributed by atoms with Gasteiger partial charge in [0.25, 0.3) is 0 Å². The van der Waals surface area contributed by atoms with E-state index in [2.05, 4.69) is 9.97 Å². The lowest BCUT2D eigenvalue weighted by molar-refractivity contribution is 0.580. The van der Waals surface area contributed by atoms with Crippen LogP contribution in [0.15, 0.2) is 41.1 Å². The molecule has 0 amide bonds. The average Bonchev–Trinajstić information content (AvgIpc) is 2.98. The van der Waals surface area contributed by atoms with E-state index in [1.165, 1.54) is 0 Å². The van der Waals surface area contributed by atoms with E-state index in [-0.39, 0.29) is 0 Å². The fourth-order valence-corrected chi connectivity index (χ4v) is 2.70. The van der Waals surface area contributed by atoms with Gasteiger partial charge in [-0.1, -0.05) is 0 Å². The van der Waals surface area contributed by atoms with Gasteiger partial charge in [-0.25, -0.2) is 9.97 Å². The minimum absolute atomic E-state index is 0.497. The molecule has 2 N–H and O–H groups in total. The fraction of sp³-hybridized carbons (Fsp3) is 0.0769. The third kappa shape index (κ3) is 1.78. The summed E-state index contributed by atoms with van der Waals surface area (Å²) in [6.07, 6.45) is 3.32. The minimum atomic E-state index is 0.497. The Morgan fingerprint density at radius 1 is 1.28 bits per heavy atom. The molecule has 0 radical (unpaired) electrons. The van der Waals surface area contributed by atoms with Crippen LogP contribution < -0.4 is 5.73 Å².